The first-order valence-electron chi connectivity index (χ1n) is 10.0. The van der Waals surface area contributed by atoms with Crippen LogP contribution in [0.25, 0.3) is 5.65 Å². The van der Waals surface area contributed by atoms with E-state index in [0.29, 0.717) is 11.3 Å². The van der Waals surface area contributed by atoms with Gasteiger partial charge in [-0.15, -0.1) is 0 Å². The molecule has 0 spiro atoms. The molecule has 0 fully saturated rings. The fourth-order valence-electron chi connectivity index (χ4n) is 3.26. The van der Waals surface area contributed by atoms with Crippen molar-refractivity contribution in [2.45, 2.75) is 40.2 Å². The van der Waals surface area contributed by atoms with Gasteiger partial charge in [-0.1, -0.05) is 26.0 Å². The van der Waals surface area contributed by atoms with Crippen molar-refractivity contribution in [1.29, 1.82) is 0 Å². The molecular weight excluding hydrogens is 380 g/mol. The summed E-state index contributed by atoms with van der Waals surface area (Å²) in [5.41, 5.74) is 4.54. The van der Waals surface area contributed by atoms with Crippen LogP contribution < -0.4 is 10.6 Å². The third-order valence-electron chi connectivity index (χ3n) is 5.24. The molecule has 2 heterocycles. The van der Waals surface area contributed by atoms with Gasteiger partial charge in [0.15, 0.2) is 0 Å². The van der Waals surface area contributed by atoms with E-state index in [4.69, 9.17) is 0 Å². The zero-order valence-electron chi connectivity index (χ0n) is 17.8. The van der Waals surface area contributed by atoms with Crippen molar-refractivity contribution in [1.82, 2.24) is 14.7 Å². The molecule has 7 heteroatoms. The van der Waals surface area contributed by atoms with Crippen molar-refractivity contribution in [3.05, 3.63) is 65.1 Å². The summed E-state index contributed by atoms with van der Waals surface area (Å²) in [6, 6.07) is 8.75. The van der Waals surface area contributed by atoms with Gasteiger partial charge >= 0.3 is 0 Å². The Morgan fingerprint density at radius 1 is 1.17 bits per heavy atom. The molecule has 3 rings (SSSR count). The van der Waals surface area contributed by atoms with E-state index in [2.05, 4.69) is 15.6 Å². The van der Waals surface area contributed by atoms with Gasteiger partial charge in [-0.05, 0) is 49.1 Å². The molecule has 0 aliphatic carbocycles. The van der Waals surface area contributed by atoms with Crippen molar-refractivity contribution in [3.8, 4) is 0 Å². The van der Waals surface area contributed by atoms with Gasteiger partial charge in [0.05, 0.1) is 24.8 Å². The number of aromatic nitrogens is 2. The molecule has 2 aromatic heterocycles. The molecule has 1 aromatic carbocycles. The lowest BCUT2D eigenvalue weighted by molar-refractivity contribution is -0.115. The highest BCUT2D eigenvalue weighted by atomic mass is 16.3. The molecule has 0 aliphatic heterocycles. The van der Waals surface area contributed by atoms with E-state index in [9.17, 15) is 14.7 Å². The standard InChI is InChI=1S/C23H28N4O3/c1-14(2)20(13-28)26-23(30)17-8-7-15(3)19(10-17)25-21(29)11-18-12-24-22-16(4)6-5-9-27(18)22/h5-10,12,14,20,28H,11,13H2,1-4H3,(H,25,29)(H,26,30). The smallest absolute Gasteiger partial charge is 0.251 e. The van der Waals surface area contributed by atoms with Crippen LogP contribution in [-0.4, -0.2) is 39.0 Å². The fraction of sp³-hybridized carbons (Fsp3) is 0.348. The first kappa shape index (κ1) is 21.5. The Morgan fingerprint density at radius 2 is 1.93 bits per heavy atom. The van der Waals surface area contributed by atoms with Crippen LogP contribution in [0.3, 0.4) is 0 Å². The highest BCUT2D eigenvalue weighted by molar-refractivity contribution is 5.98. The Morgan fingerprint density at radius 3 is 2.63 bits per heavy atom. The number of benzene rings is 1. The Bertz CT molecular complexity index is 1070. The van der Waals surface area contributed by atoms with E-state index in [1.54, 1.807) is 24.4 Å². The first-order valence-corrected chi connectivity index (χ1v) is 10.0. The van der Waals surface area contributed by atoms with Crippen LogP contribution in [0.4, 0.5) is 5.69 Å². The molecule has 30 heavy (non-hydrogen) atoms. The van der Waals surface area contributed by atoms with E-state index in [1.807, 2.05) is 50.4 Å². The molecular formula is C23H28N4O3. The highest BCUT2D eigenvalue weighted by Gasteiger charge is 2.17. The van der Waals surface area contributed by atoms with Crippen LogP contribution in [0.2, 0.25) is 0 Å². The van der Waals surface area contributed by atoms with Crippen molar-refractivity contribution in [2.24, 2.45) is 5.92 Å². The second-order valence-corrected chi connectivity index (χ2v) is 7.90. The molecule has 158 valence electrons. The third-order valence-corrected chi connectivity index (χ3v) is 5.24. The summed E-state index contributed by atoms with van der Waals surface area (Å²) >= 11 is 0. The number of imidazole rings is 1. The number of rotatable bonds is 7. The van der Waals surface area contributed by atoms with Crippen LogP contribution in [0.15, 0.2) is 42.7 Å². The van der Waals surface area contributed by atoms with Gasteiger partial charge in [0.1, 0.15) is 5.65 Å². The molecule has 1 unspecified atom stereocenters. The maximum Gasteiger partial charge on any atom is 0.251 e. The lowest BCUT2D eigenvalue weighted by Crippen LogP contribution is -2.41. The summed E-state index contributed by atoms with van der Waals surface area (Å²) in [5, 5.41) is 15.2. The number of aryl methyl sites for hydroxylation is 2. The molecule has 3 aromatic rings. The topological polar surface area (TPSA) is 95.7 Å². The zero-order chi connectivity index (χ0) is 21.8. The summed E-state index contributed by atoms with van der Waals surface area (Å²) in [6.07, 6.45) is 3.76. The van der Waals surface area contributed by atoms with E-state index < -0.39 is 0 Å². The molecule has 0 aliphatic rings. The summed E-state index contributed by atoms with van der Waals surface area (Å²) in [4.78, 5) is 29.6. The van der Waals surface area contributed by atoms with Gasteiger partial charge in [0.25, 0.3) is 5.91 Å². The molecule has 7 nitrogen and oxygen atoms in total. The molecule has 0 bridgehead atoms. The van der Waals surface area contributed by atoms with Gasteiger partial charge in [-0.3, -0.25) is 9.59 Å². The SMILES string of the molecule is Cc1ccc(C(=O)NC(CO)C(C)C)cc1NC(=O)Cc1cnc2c(C)cccn12. The molecule has 0 radical (unpaired) electrons. The van der Waals surface area contributed by atoms with Crippen molar-refractivity contribution in [3.63, 3.8) is 0 Å². The van der Waals surface area contributed by atoms with Gasteiger partial charge in [0, 0.05) is 23.6 Å². The van der Waals surface area contributed by atoms with Crippen LogP contribution in [-0.2, 0) is 11.2 Å². The lowest BCUT2D eigenvalue weighted by Gasteiger charge is -2.20. The quantitative estimate of drug-likeness (QED) is 0.560. The van der Waals surface area contributed by atoms with Crippen molar-refractivity contribution in [2.75, 3.05) is 11.9 Å². The largest absolute Gasteiger partial charge is 0.394 e. The van der Waals surface area contributed by atoms with Gasteiger partial charge in [-0.25, -0.2) is 4.98 Å². The summed E-state index contributed by atoms with van der Waals surface area (Å²) in [5.74, 6) is -0.359. The van der Waals surface area contributed by atoms with E-state index in [-0.39, 0.29) is 36.8 Å². The molecule has 1 atom stereocenters. The maximum absolute atomic E-state index is 12.7. The summed E-state index contributed by atoms with van der Waals surface area (Å²) in [7, 11) is 0. The third kappa shape index (κ3) is 4.68. The predicted octanol–water partition coefficient (Wildman–Crippen LogP) is 2.88. The summed E-state index contributed by atoms with van der Waals surface area (Å²) in [6.45, 7) is 7.59. The minimum atomic E-state index is -0.324. The highest BCUT2D eigenvalue weighted by Crippen LogP contribution is 2.19. The molecule has 3 N–H and O–H groups in total. The number of aliphatic hydroxyl groups excluding tert-OH is 1. The van der Waals surface area contributed by atoms with E-state index in [1.165, 1.54) is 0 Å². The minimum Gasteiger partial charge on any atom is -0.394 e. The van der Waals surface area contributed by atoms with Crippen molar-refractivity contribution >= 4 is 23.1 Å². The summed E-state index contributed by atoms with van der Waals surface area (Å²) < 4.78 is 1.91. The number of nitrogens with one attached hydrogen (secondary N) is 2. The van der Waals surface area contributed by atoms with E-state index in [0.717, 1.165) is 22.5 Å². The molecule has 0 saturated carbocycles. The number of hydrogen-bond acceptors (Lipinski definition) is 4. The first-order chi connectivity index (χ1) is 14.3. The monoisotopic (exact) mass is 408 g/mol. The number of aliphatic hydroxyl groups is 1. The normalized spacial score (nSPS) is 12.2. The van der Waals surface area contributed by atoms with Crippen LogP contribution >= 0.6 is 0 Å². The average Bonchev–Trinajstić information content (AvgIpc) is 3.11. The van der Waals surface area contributed by atoms with Crippen molar-refractivity contribution < 1.29 is 14.7 Å². The number of fused-ring (bicyclic) bond motifs is 1. The molecule has 2 amide bonds. The van der Waals surface area contributed by atoms with Crippen LogP contribution in [0.5, 0.6) is 0 Å². The number of carbonyl (C=O) groups is 2. The Hall–Kier alpha value is -3.19. The maximum atomic E-state index is 12.7. The Labute approximate surface area is 176 Å². The number of amides is 2. The van der Waals surface area contributed by atoms with Crippen LogP contribution in [0.1, 0.15) is 41.0 Å². The number of pyridine rings is 1. The number of carbonyl (C=O) groups excluding carboxylic acids is 2. The predicted molar refractivity (Wildman–Crippen MR) is 117 cm³/mol. The number of anilines is 1. The fourth-order valence-corrected chi connectivity index (χ4v) is 3.26. The Balaban J connectivity index is 1.74. The molecule has 0 saturated heterocycles. The van der Waals surface area contributed by atoms with Gasteiger partial charge < -0.3 is 20.1 Å². The van der Waals surface area contributed by atoms with Gasteiger partial charge in [0.2, 0.25) is 5.91 Å². The minimum absolute atomic E-state index is 0.109. The van der Waals surface area contributed by atoms with Gasteiger partial charge in [-0.2, -0.15) is 0 Å². The number of hydrogen-bond donors (Lipinski definition) is 3. The number of nitrogens with zero attached hydrogens (tertiary/aromatic N) is 2. The Kier molecular flexibility index (Phi) is 6.52. The average molecular weight is 409 g/mol. The van der Waals surface area contributed by atoms with E-state index >= 15 is 0 Å². The van der Waals surface area contributed by atoms with Crippen LogP contribution in [0, 0.1) is 19.8 Å². The second kappa shape index (κ2) is 9.09. The zero-order valence-corrected chi connectivity index (χ0v) is 17.8. The lowest BCUT2D eigenvalue weighted by atomic mass is 10.0. The second-order valence-electron chi connectivity index (χ2n) is 7.90.